The van der Waals surface area contributed by atoms with E-state index in [1.54, 1.807) is 6.92 Å². The summed E-state index contributed by atoms with van der Waals surface area (Å²) in [7, 11) is 0. The monoisotopic (exact) mass is 429 g/mol. The standard InChI is InChI=1S/C21H27N5O3S/c1-13-14(2)30-18-17(13)19(28)26(12-22-18)11-8-16(27)24-21(9-6-4-5-7-10-21)20-23-15(3)29-25-20/h12H,4-11H2,1-3H3,(H,24,27). The summed E-state index contributed by atoms with van der Waals surface area (Å²) >= 11 is 1.52. The van der Waals surface area contributed by atoms with Crippen molar-refractivity contribution in [2.24, 2.45) is 0 Å². The minimum absolute atomic E-state index is 0.0902. The van der Waals surface area contributed by atoms with Crippen LogP contribution in [0.5, 0.6) is 0 Å². The Morgan fingerprint density at radius 1 is 1.23 bits per heavy atom. The molecular weight excluding hydrogens is 402 g/mol. The normalized spacial score (nSPS) is 16.5. The minimum Gasteiger partial charge on any atom is -0.343 e. The van der Waals surface area contributed by atoms with Gasteiger partial charge >= 0.3 is 0 Å². The van der Waals surface area contributed by atoms with Crippen LogP contribution < -0.4 is 10.9 Å². The highest BCUT2D eigenvalue weighted by Crippen LogP contribution is 2.34. The third-order valence-electron chi connectivity index (χ3n) is 6.03. The summed E-state index contributed by atoms with van der Waals surface area (Å²) in [6.07, 6.45) is 7.58. The van der Waals surface area contributed by atoms with Crippen molar-refractivity contribution < 1.29 is 9.32 Å². The lowest BCUT2D eigenvalue weighted by Crippen LogP contribution is -2.46. The maximum Gasteiger partial charge on any atom is 0.262 e. The fourth-order valence-corrected chi connectivity index (χ4v) is 5.20. The molecule has 1 aliphatic rings. The molecule has 3 aromatic heterocycles. The van der Waals surface area contributed by atoms with Gasteiger partial charge in [0.1, 0.15) is 10.4 Å². The Kier molecular flexibility index (Phi) is 5.73. The highest BCUT2D eigenvalue weighted by molar-refractivity contribution is 7.18. The first-order valence-corrected chi connectivity index (χ1v) is 11.3. The van der Waals surface area contributed by atoms with E-state index in [0.717, 1.165) is 53.8 Å². The van der Waals surface area contributed by atoms with Crippen LogP contribution in [0.2, 0.25) is 0 Å². The van der Waals surface area contributed by atoms with Gasteiger partial charge < -0.3 is 9.84 Å². The van der Waals surface area contributed by atoms with Crippen molar-refractivity contribution in [1.29, 1.82) is 0 Å². The summed E-state index contributed by atoms with van der Waals surface area (Å²) in [5, 5.41) is 7.96. The molecule has 30 heavy (non-hydrogen) atoms. The molecular formula is C21H27N5O3S. The number of amides is 1. The first-order chi connectivity index (χ1) is 14.4. The minimum atomic E-state index is -0.598. The molecule has 1 aliphatic carbocycles. The van der Waals surface area contributed by atoms with Crippen molar-refractivity contribution in [1.82, 2.24) is 25.0 Å². The number of hydrogen-bond acceptors (Lipinski definition) is 7. The molecule has 0 saturated heterocycles. The van der Waals surface area contributed by atoms with Gasteiger partial charge in [0, 0.05) is 24.8 Å². The Hall–Kier alpha value is -2.55. The van der Waals surface area contributed by atoms with Gasteiger partial charge in [-0.3, -0.25) is 14.2 Å². The fourth-order valence-electron chi connectivity index (χ4n) is 4.21. The van der Waals surface area contributed by atoms with Crippen molar-refractivity contribution in [3.8, 4) is 0 Å². The average molecular weight is 430 g/mol. The molecule has 0 bridgehead atoms. The van der Waals surface area contributed by atoms with Crippen LogP contribution in [0.4, 0.5) is 0 Å². The van der Waals surface area contributed by atoms with Crippen LogP contribution >= 0.6 is 11.3 Å². The van der Waals surface area contributed by atoms with E-state index in [0.29, 0.717) is 17.1 Å². The number of nitrogens with zero attached hydrogens (tertiary/aromatic N) is 4. The maximum absolute atomic E-state index is 12.9. The van der Waals surface area contributed by atoms with Crippen LogP contribution in [0, 0.1) is 20.8 Å². The number of carbonyl (C=O) groups excluding carboxylic acids is 1. The molecule has 0 atom stereocenters. The Balaban J connectivity index is 1.52. The van der Waals surface area contributed by atoms with Gasteiger partial charge in [0.25, 0.3) is 5.56 Å². The number of rotatable bonds is 5. The van der Waals surface area contributed by atoms with E-state index in [4.69, 9.17) is 4.52 Å². The van der Waals surface area contributed by atoms with E-state index in [-0.39, 0.29) is 24.4 Å². The van der Waals surface area contributed by atoms with Crippen LogP contribution in [0.25, 0.3) is 10.2 Å². The summed E-state index contributed by atoms with van der Waals surface area (Å²) in [6, 6.07) is 0. The van der Waals surface area contributed by atoms with Gasteiger partial charge in [-0.2, -0.15) is 4.98 Å². The lowest BCUT2D eigenvalue weighted by molar-refractivity contribution is -0.123. The lowest BCUT2D eigenvalue weighted by Gasteiger charge is -2.30. The molecule has 0 spiro atoms. The second-order valence-corrected chi connectivity index (χ2v) is 9.34. The van der Waals surface area contributed by atoms with Gasteiger partial charge in [-0.15, -0.1) is 11.3 Å². The molecule has 9 heteroatoms. The first kappa shape index (κ1) is 20.7. The number of hydrogen-bond donors (Lipinski definition) is 1. The number of fused-ring (bicyclic) bond motifs is 1. The van der Waals surface area contributed by atoms with E-state index in [1.807, 2.05) is 13.8 Å². The second-order valence-electron chi connectivity index (χ2n) is 8.14. The number of thiophene rings is 1. The van der Waals surface area contributed by atoms with E-state index >= 15 is 0 Å². The van der Waals surface area contributed by atoms with Crippen LogP contribution in [0.3, 0.4) is 0 Å². The first-order valence-electron chi connectivity index (χ1n) is 10.5. The van der Waals surface area contributed by atoms with E-state index in [9.17, 15) is 9.59 Å². The van der Waals surface area contributed by atoms with Crippen molar-refractivity contribution in [3.63, 3.8) is 0 Å². The molecule has 0 unspecified atom stereocenters. The number of aromatic nitrogens is 4. The maximum atomic E-state index is 12.9. The quantitative estimate of drug-likeness (QED) is 0.623. The van der Waals surface area contributed by atoms with E-state index in [1.165, 1.54) is 22.2 Å². The van der Waals surface area contributed by atoms with Crippen LogP contribution in [0.15, 0.2) is 15.6 Å². The van der Waals surface area contributed by atoms with Gasteiger partial charge in [0.05, 0.1) is 11.7 Å². The number of nitrogens with one attached hydrogen (secondary N) is 1. The summed E-state index contributed by atoms with van der Waals surface area (Å²) in [5.41, 5.74) is 0.281. The lowest BCUT2D eigenvalue weighted by atomic mass is 9.89. The Labute approximate surface area is 178 Å². The van der Waals surface area contributed by atoms with Crippen LogP contribution in [-0.2, 0) is 16.9 Å². The summed E-state index contributed by atoms with van der Waals surface area (Å²) in [5.74, 6) is 0.930. The molecule has 1 N–H and O–H groups in total. The largest absolute Gasteiger partial charge is 0.343 e. The Bertz CT molecular complexity index is 1120. The summed E-state index contributed by atoms with van der Waals surface area (Å²) < 4.78 is 6.73. The van der Waals surface area contributed by atoms with Gasteiger partial charge in [-0.25, -0.2) is 4.98 Å². The van der Waals surface area contributed by atoms with E-state index in [2.05, 4.69) is 20.4 Å². The molecule has 1 fully saturated rings. The molecule has 160 valence electrons. The predicted molar refractivity (Wildman–Crippen MR) is 115 cm³/mol. The van der Waals surface area contributed by atoms with E-state index < -0.39 is 5.54 Å². The molecule has 1 saturated carbocycles. The summed E-state index contributed by atoms with van der Waals surface area (Å²) in [6.45, 7) is 5.97. The fraction of sp³-hybridized carbons (Fsp3) is 0.571. The Morgan fingerprint density at radius 3 is 2.63 bits per heavy atom. The van der Waals surface area contributed by atoms with Crippen molar-refractivity contribution in [2.75, 3.05) is 0 Å². The topological polar surface area (TPSA) is 103 Å². The molecule has 1 amide bonds. The van der Waals surface area contributed by atoms with Gasteiger partial charge in [-0.05, 0) is 32.3 Å². The highest BCUT2D eigenvalue weighted by Gasteiger charge is 2.38. The molecule has 3 heterocycles. The zero-order valence-electron chi connectivity index (χ0n) is 17.7. The SMILES string of the molecule is Cc1nc(C2(NC(=O)CCn3cnc4sc(C)c(C)c4c3=O)CCCCCC2)no1. The zero-order chi connectivity index (χ0) is 21.3. The second kappa shape index (κ2) is 8.29. The number of carbonyl (C=O) groups is 1. The summed E-state index contributed by atoms with van der Waals surface area (Å²) in [4.78, 5) is 36.4. The van der Waals surface area contributed by atoms with Crippen molar-refractivity contribution in [3.05, 3.63) is 38.8 Å². The molecule has 4 rings (SSSR count). The zero-order valence-corrected chi connectivity index (χ0v) is 18.5. The average Bonchev–Trinajstić information content (AvgIpc) is 3.18. The molecule has 0 aliphatic heterocycles. The molecule has 0 aromatic carbocycles. The predicted octanol–water partition coefficient (Wildman–Crippen LogP) is 3.52. The number of aryl methyl sites for hydroxylation is 4. The Morgan fingerprint density at radius 2 is 1.97 bits per heavy atom. The third-order valence-corrected chi connectivity index (χ3v) is 7.14. The van der Waals surface area contributed by atoms with Gasteiger partial charge in [0.2, 0.25) is 11.8 Å². The highest BCUT2D eigenvalue weighted by atomic mass is 32.1. The molecule has 0 radical (unpaired) electrons. The van der Waals surface area contributed by atoms with Crippen molar-refractivity contribution >= 4 is 27.5 Å². The smallest absolute Gasteiger partial charge is 0.262 e. The van der Waals surface area contributed by atoms with Gasteiger partial charge in [-0.1, -0.05) is 30.8 Å². The van der Waals surface area contributed by atoms with Crippen LogP contribution in [0.1, 0.15) is 67.1 Å². The van der Waals surface area contributed by atoms with Gasteiger partial charge in [0.15, 0.2) is 5.82 Å². The third kappa shape index (κ3) is 3.90. The molecule has 8 nitrogen and oxygen atoms in total. The van der Waals surface area contributed by atoms with Crippen molar-refractivity contribution in [2.45, 2.75) is 77.8 Å². The van der Waals surface area contributed by atoms with Crippen LogP contribution in [-0.4, -0.2) is 25.6 Å². The molecule has 3 aromatic rings.